The third-order valence-electron chi connectivity index (χ3n) is 3.11. The number of hydrogen-bond donors (Lipinski definition) is 0. The number of benzene rings is 1. The zero-order valence-electron chi connectivity index (χ0n) is 8.98. The summed E-state index contributed by atoms with van der Waals surface area (Å²) >= 11 is 8.98. The Balaban J connectivity index is 2.35. The molecule has 1 fully saturated rings. The van der Waals surface area contributed by atoms with Gasteiger partial charge in [-0.3, -0.25) is 4.79 Å². The maximum absolute atomic E-state index is 13.6. The van der Waals surface area contributed by atoms with Crippen LogP contribution in [0.15, 0.2) is 16.6 Å². The van der Waals surface area contributed by atoms with Gasteiger partial charge in [-0.05, 0) is 39.9 Å². The van der Waals surface area contributed by atoms with E-state index in [2.05, 4.69) is 15.9 Å². The Kier molecular flexibility index (Phi) is 2.87. The van der Waals surface area contributed by atoms with Crippen LogP contribution in [0.3, 0.4) is 0 Å². The first kappa shape index (κ1) is 12.1. The van der Waals surface area contributed by atoms with Crippen molar-refractivity contribution in [1.82, 2.24) is 0 Å². The molecule has 1 atom stereocenters. The molecule has 0 bridgehead atoms. The Hall–Kier alpha value is -0.410. The van der Waals surface area contributed by atoms with Gasteiger partial charge in [0, 0.05) is 10.4 Å². The normalized spacial score (nSPS) is 21.9. The van der Waals surface area contributed by atoms with E-state index in [9.17, 15) is 9.18 Å². The summed E-state index contributed by atoms with van der Waals surface area (Å²) in [6, 6.07) is 2.64. The van der Waals surface area contributed by atoms with E-state index >= 15 is 0 Å². The lowest BCUT2D eigenvalue weighted by atomic mass is 10.0. The summed E-state index contributed by atoms with van der Waals surface area (Å²) in [5.74, 6) is -0.722. The van der Waals surface area contributed by atoms with Crippen molar-refractivity contribution in [2.75, 3.05) is 0 Å². The summed E-state index contributed by atoms with van der Waals surface area (Å²) in [4.78, 5) is 12.0. The van der Waals surface area contributed by atoms with Crippen molar-refractivity contribution in [2.45, 2.75) is 20.3 Å². The van der Waals surface area contributed by atoms with Gasteiger partial charge in [0.1, 0.15) is 5.82 Å². The van der Waals surface area contributed by atoms with E-state index in [1.165, 1.54) is 12.1 Å². The first-order valence-electron chi connectivity index (χ1n) is 5.01. The molecule has 0 saturated heterocycles. The summed E-state index contributed by atoms with van der Waals surface area (Å²) in [5.41, 5.74) is 0.104. The summed E-state index contributed by atoms with van der Waals surface area (Å²) in [6.45, 7) is 4.02. The molecule has 16 heavy (non-hydrogen) atoms. The summed E-state index contributed by atoms with van der Waals surface area (Å²) in [6.07, 6.45) is 0.818. The molecule has 1 aromatic rings. The van der Waals surface area contributed by atoms with Crippen LogP contribution in [0.4, 0.5) is 4.39 Å². The van der Waals surface area contributed by atoms with E-state index in [4.69, 9.17) is 11.6 Å². The minimum Gasteiger partial charge on any atom is -0.294 e. The lowest BCUT2D eigenvalue weighted by molar-refractivity contribution is 0.0949. The van der Waals surface area contributed by atoms with Gasteiger partial charge < -0.3 is 0 Å². The van der Waals surface area contributed by atoms with Gasteiger partial charge in [0.15, 0.2) is 5.78 Å². The number of ketones is 1. The SMILES string of the molecule is CC1(C)CC1C(=O)c1cc(Cl)c(Br)cc1F. The third-order valence-corrected chi connectivity index (χ3v) is 4.30. The molecule has 0 radical (unpaired) electrons. The van der Waals surface area contributed by atoms with Crippen LogP contribution in [-0.2, 0) is 0 Å². The van der Waals surface area contributed by atoms with Gasteiger partial charge in [-0.25, -0.2) is 4.39 Å². The first-order valence-corrected chi connectivity index (χ1v) is 6.19. The molecule has 1 aliphatic rings. The van der Waals surface area contributed by atoms with Crippen LogP contribution in [0.25, 0.3) is 0 Å². The van der Waals surface area contributed by atoms with Gasteiger partial charge in [-0.2, -0.15) is 0 Å². The highest BCUT2D eigenvalue weighted by Crippen LogP contribution is 2.53. The number of carbonyl (C=O) groups excluding carboxylic acids is 1. The molecule has 1 aromatic carbocycles. The second-order valence-electron chi connectivity index (χ2n) is 4.86. The van der Waals surface area contributed by atoms with Crippen molar-refractivity contribution in [3.8, 4) is 0 Å². The third kappa shape index (κ3) is 2.03. The monoisotopic (exact) mass is 304 g/mol. The molecule has 0 aliphatic heterocycles. The fourth-order valence-electron chi connectivity index (χ4n) is 1.81. The lowest BCUT2D eigenvalue weighted by Gasteiger charge is -2.06. The van der Waals surface area contributed by atoms with Crippen molar-refractivity contribution in [3.05, 3.63) is 33.0 Å². The van der Waals surface area contributed by atoms with Gasteiger partial charge in [0.2, 0.25) is 0 Å². The van der Waals surface area contributed by atoms with Crippen LogP contribution in [0.1, 0.15) is 30.6 Å². The molecule has 0 amide bonds. The van der Waals surface area contributed by atoms with Crippen LogP contribution in [0, 0.1) is 17.2 Å². The molecule has 1 unspecified atom stereocenters. The first-order chi connectivity index (χ1) is 7.33. The topological polar surface area (TPSA) is 17.1 Å². The molecular weight excluding hydrogens is 294 g/mol. The zero-order chi connectivity index (χ0) is 12.1. The van der Waals surface area contributed by atoms with Crippen LogP contribution >= 0.6 is 27.5 Å². The number of Topliss-reactive ketones (excluding diaryl/α,β-unsaturated/α-hetero) is 1. The standard InChI is InChI=1S/C12H11BrClFO/c1-12(2)5-7(12)11(16)6-3-9(14)8(13)4-10(6)15/h3-4,7H,5H2,1-2H3. The van der Waals surface area contributed by atoms with Crippen molar-refractivity contribution < 1.29 is 9.18 Å². The Labute approximate surface area is 107 Å². The minimum absolute atomic E-state index is 0.00305. The maximum Gasteiger partial charge on any atom is 0.169 e. The average Bonchev–Trinajstić information content (AvgIpc) is 2.80. The molecule has 0 heterocycles. The highest BCUT2D eigenvalue weighted by Gasteiger charge is 2.51. The number of rotatable bonds is 2. The average molecular weight is 306 g/mol. The predicted octanol–water partition coefficient (Wildman–Crippen LogP) is 4.47. The lowest BCUT2D eigenvalue weighted by Crippen LogP contribution is -2.08. The zero-order valence-corrected chi connectivity index (χ0v) is 11.3. The molecule has 4 heteroatoms. The van der Waals surface area contributed by atoms with Crippen molar-refractivity contribution in [1.29, 1.82) is 0 Å². The second kappa shape index (κ2) is 3.81. The Morgan fingerprint density at radius 3 is 2.62 bits per heavy atom. The molecule has 86 valence electrons. The fourth-order valence-corrected chi connectivity index (χ4v) is 2.29. The molecule has 1 nitrogen and oxygen atoms in total. The van der Waals surface area contributed by atoms with E-state index in [1.807, 2.05) is 13.8 Å². The molecule has 1 saturated carbocycles. The summed E-state index contributed by atoms with van der Waals surface area (Å²) in [7, 11) is 0. The van der Waals surface area contributed by atoms with Crippen LogP contribution in [-0.4, -0.2) is 5.78 Å². The van der Waals surface area contributed by atoms with Crippen molar-refractivity contribution in [3.63, 3.8) is 0 Å². The Morgan fingerprint density at radius 1 is 1.56 bits per heavy atom. The van der Waals surface area contributed by atoms with Gasteiger partial charge >= 0.3 is 0 Å². The van der Waals surface area contributed by atoms with Gasteiger partial charge in [-0.1, -0.05) is 25.4 Å². The van der Waals surface area contributed by atoms with Crippen molar-refractivity contribution >= 4 is 33.3 Å². The van der Waals surface area contributed by atoms with Crippen LogP contribution in [0.5, 0.6) is 0 Å². The summed E-state index contributed by atoms with van der Waals surface area (Å²) in [5, 5.41) is 0.364. The highest BCUT2D eigenvalue weighted by atomic mass is 79.9. The van der Waals surface area contributed by atoms with Crippen LogP contribution < -0.4 is 0 Å². The Bertz CT molecular complexity index is 470. The predicted molar refractivity (Wildman–Crippen MR) is 65.3 cm³/mol. The van der Waals surface area contributed by atoms with Gasteiger partial charge in [0.25, 0.3) is 0 Å². The van der Waals surface area contributed by atoms with E-state index in [0.29, 0.717) is 9.50 Å². The number of hydrogen-bond acceptors (Lipinski definition) is 1. The number of carbonyl (C=O) groups is 1. The molecule has 1 aliphatic carbocycles. The molecular formula is C12H11BrClFO. The van der Waals surface area contributed by atoms with E-state index < -0.39 is 5.82 Å². The fraction of sp³-hybridized carbons (Fsp3) is 0.417. The molecule has 0 spiro atoms. The maximum atomic E-state index is 13.6. The second-order valence-corrected chi connectivity index (χ2v) is 6.12. The van der Waals surface area contributed by atoms with Gasteiger partial charge in [0.05, 0.1) is 10.6 Å². The quantitative estimate of drug-likeness (QED) is 0.582. The van der Waals surface area contributed by atoms with Crippen LogP contribution in [0.2, 0.25) is 5.02 Å². The number of halogens is 3. The Morgan fingerprint density at radius 2 is 2.12 bits per heavy atom. The van der Waals surface area contributed by atoms with E-state index in [0.717, 1.165) is 6.42 Å². The van der Waals surface area contributed by atoms with Crippen molar-refractivity contribution in [2.24, 2.45) is 11.3 Å². The molecule has 0 N–H and O–H groups in total. The van der Waals surface area contributed by atoms with E-state index in [-0.39, 0.29) is 22.7 Å². The minimum atomic E-state index is -0.510. The van der Waals surface area contributed by atoms with Gasteiger partial charge in [-0.15, -0.1) is 0 Å². The highest BCUT2D eigenvalue weighted by molar-refractivity contribution is 9.10. The smallest absolute Gasteiger partial charge is 0.169 e. The largest absolute Gasteiger partial charge is 0.294 e. The summed E-state index contributed by atoms with van der Waals surface area (Å²) < 4.78 is 14.1. The van der Waals surface area contributed by atoms with E-state index in [1.54, 1.807) is 0 Å². The molecule has 2 rings (SSSR count). The molecule has 0 aromatic heterocycles.